The van der Waals surface area contributed by atoms with Crippen LogP contribution in [0.2, 0.25) is 0 Å². The first kappa shape index (κ1) is 30.4. The van der Waals surface area contributed by atoms with Crippen molar-refractivity contribution in [1.82, 2.24) is 0 Å². The molecule has 9 nitrogen and oxygen atoms in total. The highest BCUT2D eigenvalue weighted by molar-refractivity contribution is 7.92. The largest absolute Gasteiger partial charge is 0.464 e. The highest BCUT2D eigenvalue weighted by atomic mass is 32.2. The fourth-order valence-corrected chi connectivity index (χ4v) is 6.49. The average Bonchev–Trinajstić information content (AvgIpc) is 3.93. The van der Waals surface area contributed by atoms with Gasteiger partial charge in [0.05, 0.1) is 17.3 Å². The van der Waals surface area contributed by atoms with Crippen molar-refractivity contribution >= 4 is 33.7 Å². The van der Waals surface area contributed by atoms with E-state index in [-0.39, 0.29) is 28.3 Å². The molecule has 0 amide bonds. The number of esters is 1. The molecule has 0 radical (unpaired) electrons. The molecule has 44 heavy (non-hydrogen) atoms. The molecule has 4 aromatic carbocycles. The molecule has 0 heterocycles. The van der Waals surface area contributed by atoms with Gasteiger partial charge in [0.25, 0.3) is 0 Å². The molecule has 0 atom stereocenters. The van der Waals surface area contributed by atoms with Crippen LogP contribution in [0.4, 0.5) is 0 Å². The highest BCUT2D eigenvalue weighted by Crippen LogP contribution is 2.40. The molecule has 1 aliphatic carbocycles. The fourth-order valence-electron chi connectivity index (χ4n) is 4.83. The number of carbonyl (C=O) groups is 1. The molecule has 0 bridgehead atoms. The van der Waals surface area contributed by atoms with Crippen molar-refractivity contribution < 1.29 is 22.8 Å². The Labute approximate surface area is 256 Å². The second kappa shape index (κ2) is 13.5. The van der Waals surface area contributed by atoms with Crippen molar-refractivity contribution in [2.45, 2.75) is 28.5 Å². The zero-order valence-corrected chi connectivity index (χ0v) is 24.9. The van der Waals surface area contributed by atoms with Gasteiger partial charge in [-0.2, -0.15) is 0 Å². The monoisotopic (exact) mass is 608 g/mol. The highest BCUT2D eigenvalue weighted by Gasteiger charge is 2.37. The lowest BCUT2D eigenvalue weighted by molar-refractivity contribution is -0.132. The molecule has 0 spiro atoms. The Morgan fingerprint density at radius 3 is 1.80 bits per heavy atom. The molecular weight excluding hydrogens is 576 g/mol. The second-order valence-corrected chi connectivity index (χ2v) is 12.4. The molecule has 224 valence electrons. The van der Waals surface area contributed by atoms with E-state index in [1.165, 1.54) is 37.7 Å². The number of aliphatic imine (C=N–C) groups is 2. The van der Waals surface area contributed by atoms with Crippen LogP contribution in [-0.2, 0) is 29.7 Å². The van der Waals surface area contributed by atoms with Crippen molar-refractivity contribution in [1.29, 1.82) is 0 Å². The zero-order valence-electron chi connectivity index (χ0n) is 24.1. The van der Waals surface area contributed by atoms with Crippen LogP contribution in [0.3, 0.4) is 0 Å². The zero-order chi connectivity index (χ0) is 31.0. The van der Waals surface area contributed by atoms with Crippen LogP contribution >= 0.6 is 0 Å². The first-order chi connectivity index (χ1) is 21.4. The summed E-state index contributed by atoms with van der Waals surface area (Å²) < 4.78 is 29.9. The van der Waals surface area contributed by atoms with Crippen LogP contribution < -0.4 is 5.73 Å². The molecule has 1 aliphatic rings. The van der Waals surface area contributed by atoms with Gasteiger partial charge in [0.1, 0.15) is 17.7 Å². The van der Waals surface area contributed by atoms with Gasteiger partial charge in [-0.05, 0) is 41.7 Å². The summed E-state index contributed by atoms with van der Waals surface area (Å²) >= 11 is 0. The van der Waals surface area contributed by atoms with Crippen LogP contribution in [0, 0.1) is 0 Å². The number of amidine groups is 1. The molecule has 1 fully saturated rings. The maximum Gasteiger partial charge on any atom is 0.360 e. The Balaban J connectivity index is 1.39. The molecule has 2 N–H and O–H groups in total. The SMILES string of the molecule is COC(=O)/C(=N/OCC(N)=NC=NC(c1ccccc1)(c1ccccc1)c1ccccc1)c1ccc(S(=O)(=O)C2CC2)cc1. The number of oxime groups is 1. The van der Waals surface area contributed by atoms with Gasteiger partial charge in [-0.1, -0.05) is 108 Å². The molecule has 10 heteroatoms. The van der Waals surface area contributed by atoms with Gasteiger partial charge in [-0.15, -0.1) is 0 Å². The minimum atomic E-state index is -3.37. The minimum Gasteiger partial charge on any atom is -0.464 e. The summed E-state index contributed by atoms with van der Waals surface area (Å²) in [4.78, 5) is 27.3. The van der Waals surface area contributed by atoms with Gasteiger partial charge < -0.3 is 15.3 Å². The smallest absolute Gasteiger partial charge is 0.360 e. The quantitative estimate of drug-likeness (QED) is 0.0800. The third kappa shape index (κ3) is 6.60. The topological polar surface area (TPSA) is 133 Å². The summed E-state index contributed by atoms with van der Waals surface area (Å²) in [7, 11) is -2.15. The average molecular weight is 609 g/mol. The van der Waals surface area contributed by atoms with E-state index in [0.717, 1.165) is 16.7 Å². The number of sulfone groups is 1. The molecule has 0 unspecified atom stereocenters. The lowest BCUT2D eigenvalue weighted by atomic mass is 9.77. The van der Waals surface area contributed by atoms with Crippen LogP contribution in [-0.4, -0.2) is 51.2 Å². The first-order valence-corrected chi connectivity index (χ1v) is 15.6. The molecule has 5 rings (SSSR count). The Bertz CT molecular complexity index is 1670. The van der Waals surface area contributed by atoms with Gasteiger partial charge >= 0.3 is 5.97 Å². The predicted molar refractivity (Wildman–Crippen MR) is 170 cm³/mol. The summed E-state index contributed by atoms with van der Waals surface area (Å²) in [5.74, 6) is -0.686. The van der Waals surface area contributed by atoms with Gasteiger partial charge in [0.15, 0.2) is 22.2 Å². The van der Waals surface area contributed by atoms with Crippen molar-refractivity contribution in [2.75, 3.05) is 13.7 Å². The van der Waals surface area contributed by atoms with E-state index in [4.69, 9.17) is 20.3 Å². The lowest BCUT2D eigenvalue weighted by Gasteiger charge is -2.31. The normalized spacial score (nSPS) is 14.4. The van der Waals surface area contributed by atoms with Crippen molar-refractivity contribution in [2.24, 2.45) is 20.9 Å². The molecular formula is C34H32N4O5S. The summed E-state index contributed by atoms with van der Waals surface area (Å²) in [5.41, 5.74) is 8.27. The van der Waals surface area contributed by atoms with E-state index in [1.54, 1.807) is 0 Å². The fraction of sp³-hybridized carbons (Fsp3) is 0.176. The van der Waals surface area contributed by atoms with E-state index in [1.807, 2.05) is 91.0 Å². The number of nitrogens with zero attached hydrogens (tertiary/aromatic N) is 3. The van der Waals surface area contributed by atoms with Crippen LogP contribution in [0.5, 0.6) is 0 Å². The van der Waals surface area contributed by atoms with Gasteiger partial charge in [0.2, 0.25) is 0 Å². The van der Waals surface area contributed by atoms with Crippen LogP contribution in [0.15, 0.2) is 135 Å². The number of rotatable bonds is 12. The summed E-state index contributed by atoms with van der Waals surface area (Å²) in [5, 5.41) is 3.59. The second-order valence-electron chi connectivity index (χ2n) is 10.1. The molecule has 0 saturated heterocycles. The van der Waals surface area contributed by atoms with Gasteiger partial charge in [-0.25, -0.2) is 18.2 Å². The van der Waals surface area contributed by atoms with Crippen molar-refractivity contribution in [3.63, 3.8) is 0 Å². The molecule has 0 aliphatic heterocycles. The summed E-state index contributed by atoms with van der Waals surface area (Å²) in [6, 6.07) is 35.7. The molecule has 0 aromatic heterocycles. The molecule has 1 saturated carbocycles. The van der Waals surface area contributed by atoms with E-state index in [0.29, 0.717) is 18.4 Å². The first-order valence-electron chi connectivity index (χ1n) is 14.0. The Morgan fingerprint density at radius 2 is 1.34 bits per heavy atom. The number of nitrogens with two attached hydrogens (primary N) is 1. The lowest BCUT2D eigenvalue weighted by Crippen LogP contribution is -2.27. The Kier molecular flexibility index (Phi) is 9.30. The third-order valence-corrected chi connectivity index (χ3v) is 9.49. The minimum absolute atomic E-state index is 0.0654. The molecule has 4 aromatic rings. The number of hydrogen-bond donors (Lipinski definition) is 1. The van der Waals surface area contributed by atoms with Gasteiger partial charge in [-0.3, -0.25) is 4.99 Å². The predicted octanol–water partition coefficient (Wildman–Crippen LogP) is 4.89. The summed E-state index contributed by atoms with van der Waals surface area (Å²) in [6.07, 6.45) is 2.72. The van der Waals surface area contributed by atoms with Crippen molar-refractivity contribution in [3.8, 4) is 0 Å². The van der Waals surface area contributed by atoms with E-state index < -0.39 is 21.3 Å². The van der Waals surface area contributed by atoms with Crippen molar-refractivity contribution in [3.05, 3.63) is 138 Å². The van der Waals surface area contributed by atoms with E-state index >= 15 is 0 Å². The number of carbonyl (C=O) groups excluding carboxylic acids is 1. The summed E-state index contributed by atoms with van der Waals surface area (Å²) in [6.45, 7) is -0.240. The van der Waals surface area contributed by atoms with E-state index in [2.05, 4.69) is 10.1 Å². The van der Waals surface area contributed by atoms with E-state index in [9.17, 15) is 13.2 Å². The number of hydrogen-bond acceptors (Lipinski definition) is 7. The maximum atomic E-state index is 12.5. The third-order valence-electron chi connectivity index (χ3n) is 7.22. The standard InChI is InChI=1S/C34H32N4O5S/c1-42-33(39)32(25-17-19-29(20-18-25)44(40,41)30-21-22-30)38-43-23-31(35)36-24-37-34(26-11-5-2-6-12-26,27-13-7-3-8-14-27)28-15-9-4-10-16-28/h2-20,24,30H,21-23H2,1H3,(H2,35,36,37)/b38-32+. The maximum absolute atomic E-state index is 12.5. The Hall–Kier alpha value is -5.09. The number of methoxy groups -OCH3 is 1. The number of benzene rings is 4. The van der Waals surface area contributed by atoms with Crippen LogP contribution in [0.1, 0.15) is 35.1 Å². The number of ether oxygens (including phenoxy) is 1. The van der Waals surface area contributed by atoms with Crippen LogP contribution in [0.25, 0.3) is 0 Å². The Morgan fingerprint density at radius 1 is 0.841 bits per heavy atom. The van der Waals surface area contributed by atoms with Gasteiger partial charge in [0, 0.05) is 5.56 Å².